The number of nitrogens with two attached hydrogens (primary N) is 1. The van der Waals surface area contributed by atoms with Gasteiger partial charge in [-0.1, -0.05) is 34.6 Å². The highest BCUT2D eigenvalue weighted by atomic mass is 16.2. The maximum Gasteiger partial charge on any atom is 0.227 e. The molecule has 112 valence electrons. The Morgan fingerprint density at radius 3 is 2.11 bits per heavy atom. The van der Waals surface area contributed by atoms with Gasteiger partial charge in [-0.25, -0.2) is 0 Å². The monoisotopic (exact) mass is 268 g/mol. The van der Waals surface area contributed by atoms with E-state index in [0.717, 1.165) is 19.3 Å². The van der Waals surface area contributed by atoms with Gasteiger partial charge in [0.05, 0.1) is 5.41 Å². The minimum Gasteiger partial charge on any atom is -0.353 e. The van der Waals surface area contributed by atoms with Crippen LogP contribution >= 0.6 is 0 Å². The molecule has 1 fully saturated rings. The predicted octanol–water partition coefficient (Wildman–Crippen LogP) is 3.08. The number of hydrogen-bond donors (Lipinski definition) is 2. The van der Waals surface area contributed by atoms with Crippen LogP contribution in [0.1, 0.15) is 67.2 Å². The fourth-order valence-electron chi connectivity index (χ4n) is 3.71. The van der Waals surface area contributed by atoms with Crippen LogP contribution in [0.15, 0.2) is 0 Å². The molecule has 3 heteroatoms. The van der Waals surface area contributed by atoms with Crippen molar-refractivity contribution in [2.75, 3.05) is 6.54 Å². The largest absolute Gasteiger partial charge is 0.353 e. The zero-order chi connectivity index (χ0) is 14.9. The van der Waals surface area contributed by atoms with E-state index in [2.05, 4.69) is 33.0 Å². The number of rotatable bonds is 4. The van der Waals surface area contributed by atoms with E-state index in [0.29, 0.717) is 17.4 Å². The Bertz CT molecular complexity index is 314. The second-order valence-electron chi connectivity index (χ2n) is 8.20. The molecule has 1 rings (SSSR count). The molecule has 1 aliphatic rings. The van der Waals surface area contributed by atoms with E-state index in [9.17, 15) is 4.79 Å². The van der Waals surface area contributed by atoms with Crippen LogP contribution < -0.4 is 11.1 Å². The van der Waals surface area contributed by atoms with Gasteiger partial charge in [0.1, 0.15) is 0 Å². The van der Waals surface area contributed by atoms with Gasteiger partial charge in [-0.3, -0.25) is 4.79 Å². The van der Waals surface area contributed by atoms with E-state index in [1.165, 1.54) is 6.42 Å². The highest BCUT2D eigenvalue weighted by molar-refractivity contribution is 5.82. The van der Waals surface area contributed by atoms with Gasteiger partial charge in [0, 0.05) is 12.6 Å². The average Bonchev–Trinajstić information content (AvgIpc) is 2.23. The molecule has 0 aromatic carbocycles. The Morgan fingerprint density at radius 2 is 1.74 bits per heavy atom. The van der Waals surface area contributed by atoms with E-state index in [4.69, 9.17) is 5.73 Å². The van der Waals surface area contributed by atoms with Crippen molar-refractivity contribution in [3.63, 3.8) is 0 Å². The van der Waals surface area contributed by atoms with Crippen LogP contribution in [0.25, 0.3) is 0 Å². The van der Waals surface area contributed by atoms with Gasteiger partial charge in [-0.05, 0) is 43.4 Å². The third-order valence-electron chi connectivity index (χ3n) is 4.67. The Morgan fingerprint density at radius 1 is 1.26 bits per heavy atom. The number of carbonyl (C=O) groups excluding carboxylic acids is 1. The minimum atomic E-state index is -0.425. The van der Waals surface area contributed by atoms with Gasteiger partial charge in [-0.15, -0.1) is 0 Å². The number of amides is 1. The molecule has 0 heterocycles. The molecule has 19 heavy (non-hydrogen) atoms. The first kappa shape index (κ1) is 16.5. The van der Waals surface area contributed by atoms with Crippen LogP contribution in [0, 0.1) is 16.2 Å². The molecule has 0 aromatic rings. The third-order valence-corrected chi connectivity index (χ3v) is 4.67. The summed E-state index contributed by atoms with van der Waals surface area (Å²) >= 11 is 0. The van der Waals surface area contributed by atoms with Gasteiger partial charge in [-0.2, -0.15) is 0 Å². The summed E-state index contributed by atoms with van der Waals surface area (Å²) in [5, 5.41) is 3.25. The maximum absolute atomic E-state index is 12.4. The second kappa shape index (κ2) is 5.43. The fourth-order valence-corrected chi connectivity index (χ4v) is 3.71. The lowest BCUT2D eigenvalue weighted by Crippen LogP contribution is -2.51. The van der Waals surface area contributed by atoms with E-state index >= 15 is 0 Å². The smallest absolute Gasteiger partial charge is 0.227 e. The molecule has 0 spiro atoms. The summed E-state index contributed by atoms with van der Waals surface area (Å²) in [6, 6.07) is 0.281. The summed E-state index contributed by atoms with van der Waals surface area (Å²) < 4.78 is 0. The van der Waals surface area contributed by atoms with Crippen molar-refractivity contribution in [3.8, 4) is 0 Å². The average molecular weight is 268 g/mol. The van der Waals surface area contributed by atoms with Gasteiger partial charge in [0.15, 0.2) is 0 Å². The summed E-state index contributed by atoms with van der Waals surface area (Å²) in [5.41, 5.74) is 5.94. The lowest BCUT2D eigenvalue weighted by molar-refractivity contribution is -0.131. The SMILES string of the molecule is CCC(C)(CN)C(=O)NC1CC(C)(C)CC(C)(C)C1. The Hall–Kier alpha value is -0.570. The maximum atomic E-state index is 12.4. The topological polar surface area (TPSA) is 55.1 Å². The lowest BCUT2D eigenvalue weighted by Gasteiger charge is -2.45. The Balaban J connectivity index is 2.74. The molecular formula is C16H32N2O. The predicted molar refractivity (Wildman–Crippen MR) is 80.8 cm³/mol. The molecular weight excluding hydrogens is 236 g/mol. The van der Waals surface area contributed by atoms with Crippen LogP contribution in [0.3, 0.4) is 0 Å². The zero-order valence-electron chi connectivity index (χ0n) is 13.6. The van der Waals surface area contributed by atoms with Crippen molar-refractivity contribution in [2.24, 2.45) is 22.0 Å². The van der Waals surface area contributed by atoms with Crippen LogP contribution in [-0.4, -0.2) is 18.5 Å². The molecule has 3 nitrogen and oxygen atoms in total. The molecule has 1 unspecified atom stereocenters. The normalized spacial score (nSPS) is 25.6. The van der Waals surface area contributed by atoms with Gasteiger partial charge in [0.25, 0.3) is 0 Å². The summed E-state index contributed by atoms with van der Waals surface area (Å²) in [6.07, 6.45) is 4.13. The van der Waals surface area contributed by atoms with E-state index < -0.39 is 5.41 Å². The number of carbonyl (C=O) groups is 1. The standard InChI is InChI=1S/C16H32N2O/c1-7-16(6,11-17)13(19)18-12-8-14(2,3)10-15(4,5)9-12/h12H,7-11,17H2,1-6H3,(H,18,19). The summed E-state index contributed by atoms with van der Waals surface area (Å²) in [6.45, 7) is 13.6. The van der Waals surface area contributed by atoms with Crippen molar-refractivity contribution in [1.82, 2.24) is 5.32 Å². The fraction of sp³-hybridized carbons (Fsp3) is 0.938. The second-order valence-corrected chi connectivity index (χ2v) is 8.20. The van der Waals surface area contributed by atoms with Crippen LogP contribution in [-0.2, 0) is 4.79 Å². The van der Waals surface area contributed by atoms with Crippen molar-refractivity contribution in [2.45, 2.75) is 73.3 Å². The third kappa shape index (κ3) is 4.20. The van der Waals surface area contributed by atoms with E-state index in [-0.39, 0.29) is 11.9 Å². The minimum absolute atomic E-state index is 0.121. The van der Waals surface area contributed by atoms with Crippen LogP contribution in [0.4, 0.5) is 0 Å². The van der Waals surface area contributed by atoms with Crippen LogP contribution in [0.2, 0.25) is 0 Å². The number of nitrogens with one attached hydrogen (secondary N) is 1. The first-order valence-corrected chi connectivity index (χ1v) is 7.55. The van der Waals surface area contributed by atoms with Crippen LogP contribution in [0.5, 0.6) is 0 Å². The van der Waals surface area contributed by atoms with E-state index in [1.807, 2.05) is 13.8 Å². The van der Waals surface area contributed by atoms with Gasteiger partial charge in [0.2, 0.25) is 5.91 Å². The number of hydrogen-bond acceptors (Lipinski definition) is 2. The first-order chi connectivity index (χ1) is 8.53. The highest BCUT2D eigenvalue weighted by Crippen LogP contribution is 2.45. The van der Waals surface area contributed by atoms with Crippen molar-refractivity contribution in [1.29, 1.82) is 0 Å². The molecule has 0 bridgehead atoms. The highest BCUT2D eigenvalue weighted by Gasteiger charge is 2.40. The van der Waals surface area contributed by atoms with Crippen molar-refractivity contribution >= 4 is 5.91 Å². The molecule has 0 aliphatic heterocycles. The molecule has 1 aliphatic carbocycles. The molecule has 0 saturated heterocycles. The molecule has 1 atom stereocenters. The molecule has 0 radical (unpaired) electrons. The lowest BCUT2D eigenvalue weighted by atomic mass is 9.63. The summed E-state index contributed by atoms with van der Waals surface area (Å²) in [5.74, 6) is 0.121. The van der Waals surface area contributed by atoms with Crippen molar-refractivity contribution in [3.05, 3.63) is 0 Å². The van der Waals surface area contributed by atoms with Gasteiger partial charge >= 0.3 is 0 Å². The Kier molecular flexibility index (Phi) is 4.71. The summed E-state index contributed by atoms with van der Waals surface area (Å²) in [7, 11) is 0. The molecule has 1 saturated carbocycles. The first-order valence-electron chi connectivity index (χ1n) is 7.55. The molecule has 3 N–H and O–H groups in total. The Labute approximate surface area is 118 Å². The molecule has 1 amide bonds. The van der Waals surface area contributed by atoms with E-state index in [1.54, 1.807) is 0 Å². The summed E-state index contributed by atoms with van der Waals surface area (Å²) in [4.78, 5) is 12.4. The molecule has 0 aromatic heterocycles. The van der Waals surface area contributed by atoms with Crippen molar-refractivity contribution < 1.29 is 4.79 Å². The zero-order valence-corrected chi connectivity index (χ0v) is 13.6. The van der Waals surface area contributed by atoms with Gasteiger partial charge < -0.3 is 11.1 Å². The quantitative estimate of drug-likeness (QED) is 0.823.